The van der Waals surface area contributed by atoms with Crippen LogP contribution in [0.1, 0.15) is 26.3 Å². The lowest BCUT2D eigenvalue weighted by atomic mass is 9.98. The van der Waals surface area contributed by atoms with Crippen LogP contribution in [0.3, 0.4) is 0 Å². The van der Waals surface area contributed by atoms with Crippen molar-refractivity contribution < 1.29 is 14.3 Å². The quantitative estimate of drug-likeness (QED) is 0.532. The minimum absolute atomic E-state index is 0.208. The summed E-state index contributed by atoms with van der Waals surface area (Å²) in [6, 6.07) is 13.4. The van der Waals surface area contributed by atoms with Gasteiger partial charge in [0.15, 0.2) is 5.78 Å². The molecule has 0 radical (unpaired) electrons. The van der Waals surface area contributed by atoms with Crippen LogP contribution in [0.5, 0.6) is 0 Å². The number of methoxy groups -OCH3 is 1. The fraction of sp³-hybridized carbons (Fsp3) is 0.263. The zero-order valence-corrected chi connectivity index (χ0v) is 14.8. The predicted octanol–water partition coefficient (Wildman–Crippen LogP) is 2.54. The molecule has 2 rings (SSSR count). The summed E-state index contributed by atoms with van der Waals surface area (Å²) < 4.78 is 4.93. The number of ether oxygens (including phenoxy) is 1. The van der Waals surface area contributed by atoms with E-state index >= 15 is 0 Å². The number of hydrogen-bond donors (Lipinski definition) is 2. The molecule has 0 atom stereocenters. The van der Waals surface area contributed by atoms with Crippen LogP contribution in [0.2, 0.25) is 5.02 Å². The van der Waals surface area contributed by atoms with Gasteiger partial charge in [0.2, 0.25) is 0 Å². The fourth-order valence-electron chi connectivity index (χ4n) is 2.29. The average Bonchev–Trinajstić information content (AvgIpc) is 2.64. The average molecular weight is 361 g/mol. The molecule has 132 valence electrons. The molecule has 0 saturated heterocycles. The van der Waals surface area contributed by atoms with Gasteiger partial charge in [0.1, 0.15) is 0 Å². The first-order chi connectivity index (χ1) is 12.1. The van der Waals surface area contributed by atoms with E-state index in [2.05, 4.69) is 10.6 Å². The number of amides is 1. The zero-order chi connectivity index (χ0) is 18.1. The molecule has 0 saturated carbocycles. The number of nitrogens with one attached hydrogen (secondary N) is 2. The monoisotopic (exact) mass is 360 g/mol. The van der Waals surface area contributed by atoms with Crippen LogP contribution in [0.15, 0.2) is 48.5 Å². The van der Waals surface area contributed by atoms with Gasteiger partial charge in [-0.2, -0.15) is 0 Å². The summed E-state index contributed by atoms with van der Waals surface area (Å²) in [5.41, 5.74) is 1.22. The van der Waals surface area contributed by atoms with Crippen LogP contribution in [0.4, 0.5) is 0 Å². The lowest BCUT2D eigenvalue weighted by molar-refractivity contribution is 0.0942. The molecule has 2 aromatic carbocycles. The summed E-state index contributed by atoms with van der Waals surface area (Å²) in [6.07, 6.45) is 0. The van der Waals surface area contributed by atoms with Crippen molar-refractivity contribution in [1.82, 2.24) is 10.6 Å². The Kier molecular flexibility index (Phi) is 7.60. The molecule has 6 heteroatoms. The van der Waals surface area contributed by atoms with Gasteiger partial charge < -0.3 is 15.4 Å². The number of carbonyl (C=O) groups excluding carboxylic acids is 2. The fourth-order valence-corrected chi connectivity index (χ4v) is 2.42. The minimum atomic E-state index is -0.272. The molecule has 5 nitrogen and oxygen atoms in total. The summed E-state index contributed by atoms with van der Waals surface area (Å²) in [6.45, 7) is 2.43. The largest absolute Gasteiger partial charge is 0.383 e. The smallest absolute Gasteiger partial charge is 0.252 e. The molecule has 0 spiro atoms. The lowest BCUT2D eigenvalue weighted by Gasteiger charge is -2.10. The maximum Gasteiger partial charge on any atom is 0.252 e. The highest BCUT2D eigenvalue weighted by molar-refractivity contribution is 6.30. The molecule has 1 amide bonds. The molecule has 0 heterocycles. The standard InChI is InChI=1S/C19H21ClN2O3/c1-25-13-12-21-10-11-22-19(24)17-5-3-2-4-16(17)18(23)14-6-8-15(20)9-7-14/h2-9,21H,10-13H2,1H3,(H,22,24). The second-order valence-electron chi connectivity index (χ2n) is 5.38. The van der Waals surface area contributed by atoms with Crippen LogP contribution in [0.25, 0.3) is 0 Å². The van der Waals surface area contributed by atoms with Crippen LogP contribution in [0, 0.1) is 0 Å². The number of ketones is 1. The van der Waals surface area contributed by atoms with Crippen molar-refractivity contribution in [1.29, 1.82) is 0 Å². The molecular weight excluding hydrogens is 340 g/mol. The molecule has 2 aromatic rings. The van der Waals surface area contributed by atoms with Crippen molar-refractivity contribution in [2.75, 3.05) is 33.4 Å². The van der Waals surface area contributed by atoms with E-state index in [-0.39, 0.29) is 11.7 Å². The Morgan fingerprint density at radius 2 is 1.64 bits per heavy atom. The Labute approximate surface area is 152 Å². The maximum absolute atomic E-state index is 12.7. The van der Waals surface area contributed by atoms with E-state index in [1.807, 2.05) is 0 Å². The van der Waals surface area contributed by atoms with Gasteiger partial charge in [-0.1, -0.05) is 29.8 Å². The number of halogens is 1. The molecule has 0 aliphatic heterocycles. The summed E-state index contributed by atoms with van der Waals surface area (Å²) in [5.74, 6) is -0.480. The number of rotatable bonds is 9. The Bertz CT molecular complexity index is 717. The third-order valence-electron chi connectivity index (χ3n) is 3.59. The molecule has 0 aliphatic rings. The first-order valence-corrected chi connectivity index (χ1v) is 8.38. The van der Waals surface area contributed by atoms with Gasteiger partial charge in [0, 0.05) is 42.9 Å². The highest BCUT2D eigenvalue weighted by Crippen LogP contribution is 2.17. The topological polar surface area (TPSA) is 67.4 Å². The first-order valence-electron chi connectivity index (χ1n) is 8.00. The van der Waals surface area contributed by atoms with Crippen molar-refractivity contribution >= 4 is 23.3 Å². The minimum Gasteiger partial charge on any atom is -0.383 e. The zero-order valence-electron chi connectivity index (χ0n) is 14.0. The third-order valence-corrected chi connectivity index (χ3v) is 3.84. The van der Waals surface area contributed by atoms with E-state index in [0.717, 1.165) is 6.54 Å². The first kappa shape index (κ1) is 19.1. The van der Waals surface area contributed by atoms with Gasteiger partial charge in [0.25, 0.3) is 5.91 Å². The van der Waals surface area contributed by atoms with Gasteiger partial charge in [-0.05, 0) is 30.3 Å². The Morgan fingerprint density at radius 3 is 2.32 bits per heavy atom. The summed E-state index contributed by atoms with van der Waals surface area (Å²) in [4.78, 5) is 25.1. The van der Waals surface area contributed by atoms with Gasteiger partial charge in [-0.3, -0.25) is 9.59 Å². The van der Waals surface area contributed by atoms with Gasteiger partial charge >= 0.3 is 0 Å². The number of carbonyl (C=O) groups is 2. The van der Waals surface area contributed by atoms with Gasteiger partial charge in [-0.15, -0.1) is 0 Å². The van der Waals surface area contributed by atoms with Crippen LogP contribution < -0.4 is 10.6 Å². The van der Waals surface area contributed by atoms with Crippen LogP contribution in [-0.2, 0) is 4.74 Å². The summed E-state index contributed by atoms with van der Waals surface area (Å²) >= 11 is 5.86. The lowest BCUT2D eigenvalue weighted by Crippen LogP contribution is -2.33. The Morgan fingerprint density at radius 1 is 0.960 bits per heavy atom. The molecule has 25 heavy (non-hydrogen) atoms. The summed E-state index contributed by atoms with van der Waals surface area (Å²) in [5, 5.41) is 6.52. The number of hydrogen-bond acceptors (Lipinski definition) is 4. The summed E-state index contributed by atoms with van der Waals surface area (Å²) in [7, 11) is 1.64. The molecule has 0 aromatic heterocycles. The third kappa shape index (κ3) is 5.67. The normalized spacial score (nSPS) is 10.5. The second kappa shape index (κ2) is 9.93. The van der Waals surface area contributed by atoms with E-state index < -0.39 is 0 Å². The SMILES string of the molecule is COCCNCCNC(=O)c1ccccc1C(=O)c1ccc(Cl)cc1. The highest BCUT2D eigenvalue weighted by Gasteiger charge is 2.17. The molecule has 0 bridgehead atoms. The molecule has 2 N–H and O–H groups in total. The maximum atomic E-state index is 12.7. The second-order valence-corrected chi connectivity index (χ2v) is 5.82. The molecule has 0 unspecified atom stereocenters. The Balaban J connectivity index is 2.03. The van der Waals surface area contributed by atoms with Gasteiger partial charge in [-0.25, -0.2) is 0 Å². The van der Waals surface area contributed by atoms with Crippen molar-refractivity contribution in [3.05, 3.63) is 70.2 Å². The van der Waals surface area contributed by atoms with E-state index in [1.165, 1.54) is 0 Å². The van der Waals surface area contributed by atoms with Crippen molar-refractivity contribution in [3.63, 3.8) is 0 Å². The predicted molar refractivity (Wildman–Crippen MR) is 98.4 cm³/mol. The molecular formula is C19H21ClN2O3. The van der Waals surface area contributed by atoms with E-state index in [0.29, 0.717) is 41.4 Å². The van der Waals surface area contributed by atoms with Gasteiger partial charge in [0.05, 0.1) is 12.2 Å². The van der Waals surface area contributed by atoms with Crippen LogP contribution in [-0.4, -0.2) is 45.0 Å². The van der Waals surface area contributed by atoms with Crippen molar-refractivity contribution in [2.24, 2.45) is 0 Å². The van der Waals surface area contributed by atoms with E-state index in [1.54, 1.807) is 55.6 Å². The van der Waals surface area contributed by atoms with E-state index in [4.69, 9.17) is 16.3 Å². The molecule has 0 aliphatic carbocycles. The van der Waals surface area contributed by atoms with Crippen molar-refractivity contribution in [2.45, 2.75) is 0 Å². The molecule has 0 fully saturated rings. The highest BCUT2D eigenvalue weighted by atomic mass is 35.5. The van der Waals surface area contributed by atoms with E-state index in [9.17, 15) is 9.59 Å². The van der Waals surface area contributed by atoms with Crippen LogP contribution >= 0.6 is 11.6 Å². The van der Waals surface area contributed by atoms with Crippen molar-refractivity contribution in [3.8, 4) is 0 Å². The number of benzene rings is 2. The Hall–Kier alpha value is -2.21.